The fourth-order valence-electron chi connectivity index (χ4n) is 6.71. The topological polar surface area (TPSA) is 229 Å². The molecule has 63 heavy (non-hydrogen) atoms. The molecule has 0 aliphatic carbocycles. The minimum Gasteiger partial charge on any atom is -0.496 e. The number of rotatable bonds is 14. The van der Waals surface area contributed by atoms with Gasteiger partial charge in [0.2, 0.25) is 0 Å². The van der Waals surface area contributed by atoms with E-state index in [1.165, 1.54) is 24.9 Å². The number of pyridine rings is 4. The second kappa shape index (κ2) is 26.8. The summed E-state index contributed by atoms with van der Waals surface area (Å²) in [6, 6.07) is 6.54. The molecule has 4 aromatic heterocycles. The van der Waals surface area contributed by atoms with Crippen LogP contribution in [0.25, 0.3) is 0 Å². The number of hydrogen-bond donors (Lipinski definition) is 4. The van der Waals surface area contributed by atoms with Gasteiger partial charge in [0.15, 0.2) is 28.7 Å². The molecule has 6 rings (SSSR count). The van der Waals surface area contributed by atoms with E-state index in [1.807, 2.05) is 24.9 Å². The van der Waals surface area contributed by atoms with Crippen molar-refractivity contribution in [2.75, 3.05) is 79.3 Å². The molecule has 0 atom stereocenters. The maximum atomic E-state index is 13.0. The van der Waals surface area contributed by atoms with E-state index >= 15 is 0 Å². The van der Waals surface area contributed by atoms with Gasteiger partial charge in [0.25, 0.3) is 5.91 Å². The number of carbonyl (C=O) groups excluding carboxylic acids is 1. The number of aromatic carboxylic acids is 1. The molecule has 2 saturated heterocycles. The van der Waals surface area contributed by atoms with Crippen LogP contribution in [-0.4, -0.2) is 110 Å². The van der Waals surface area contributed by atoms with Crippen LogP contribution in [-0.2, 0) is 0 Å². The van der Waals surface area contributed by atoms with Crippen LogP contribution >= 0.6 is 24.8 Å². The summed E-state index contributed by atoms with van der Waals surface area (Å²) in [6.07, 6.45) is 10.5. The summed E-state index contributed by atoms with van der Waals surface area (Å²) in [5.74, 6) is 4.86. The lowest BCUT2D eigenvalue weighted by molar-refractivity contribution is 0.0686. The molecule has 0 bridgehead atoms. The number of amides is 1. The van der Waals surface area contributed by atoms with E-state index in [2.05, 4.69) is 39.1 Å². The first kappa shape index (κ1) is 53.6. The van der Waals surface area contributed by atoms with Gasteiger partial charge >= 0.3 is 5.97 Å². The van der Waals surface area contributed by atoms with Crippen molar-refractivity contribution in [3.8, 4) is 34.5 Å². The third-order valence-corrected chi connectivity index (χ3v) is 9.96. The molecule has 4 aromatic rings. The van der Waals surface area contributed by atoms with Crippen LogP contribution in [0.15, 0.2) is 49.1 Å². The maximum Gasteiger partial charge on any atom is 0.354 e. The summed E-state index contributed by atoms with van der Waals surface area (Å²) in [6.45, 7) is 12.7. The van der Waals surface area contributed by atoms with E-state index in [0.717, 1.165) is 55.8 Å². The van der Waals surface area contributed by atoms with Crippen molar-refractivity contribution in [3.63, 3.8) is 0 Å². The number of aromatic nitrogens is 4. The van der Waals surface area contributed by atoms with Gasteiger partial charge in [-0.2, -0.15) is 0 Å². The Morgan fingerprint density at radius 3 is 1.46 bits per heavy atom. The van der Waals surface area contributed by atoms with Crippen LogP contribution < -0.4 is 45.2 Å². The largest absolute Gasteiger partial charge is 0.496 e. The highest BCUT2D eigenvalue weighted by Crippen LogP contribution is 2.36. The molecule has 0 unspecified atom stereocenters. The Hall–Kier alpha value is -5.52. The molecule has 1 amide bonds. The van der Waals surface area contributed by atoms with Crippen molar-refractivity contribution in [3.05, 3.63) is 71.6 Å². The van der Waals surface area contributed by atoms with Gasteiger partial charge in [-0.3, -0.25) is 4.79 Å². The van der Waals surface area contributed by atoms with Gasteiger partial charge in [-0.25, -0.2) is 24.7 Å². The molecule has 0 radical (unpaired) electrons. The number of nitrogen functional groups attached to an aromatic ring is 2. The molecular formula is C44H64Cl2N8O9. The van der Waals surface area contributed by atoms with Gasteiger partial charge < -0.3 is 55.2 Å². The number of carboxylic acids is 1. The number of ether oxygens (including phenoxy) is 6. The van der Waals surface area contributed by atoms with Crippen LogP contribution in [0, 0.1) is 11.8 Å². The predicted octanol–water partition coefficient (Wildman–Crippen LogP) is 6.94. The standard InChI is InChI=1S/C22H30N4O4.C11H17N3O.C11H15NO4.2ClH/c1-14(2)13-30-20-12-24-17(9-19(20)29-4)22(27)26-7-5-15(6-8-26)16-11-25-21(23)10-18(16)28-3;1-15-10-6-11(12)14-7-9(10)8-2-4-13-5-3-8;1-7(2)6-16-10-5-12-8(11(13)14)4-9(10)15-3;;/h9-12,14-15H,5-8,13H2,1-4H3,(H2,23,25);6-8,13H,2-5H2,1H3,(H2,12,14);4-5,7H,6H2,1-3H3,(H,13,14);2*1H. The molecule has 17 nitrogen and oxygen atoms in total. The number of carboxylic acid groups (broad SMARTS) is 1. The molecule has 0 saturated carbocycles. The third kappa shape index (κ3) is 16.0. The number of piperidine rings is 2. The van der Waals surface area contributed by atoms with E-state index in [9.17, 15) is 9.59 Å². The number of anilines is 2. The quantitative estimate of drug-likeness (QED) is 0.100. The smallest absolute Gasteiger partial charge is 0.354 e. The Morgan fingerprint density at radius 1 is 0.635 bits per heavy atom. The molecule has 0 spiro atoms. The lowest BCUT2D eigenvalue weighted by atomic mass is 9.89. The Labute approximate surface area is 382 Å². The van der Waals surface area contributed by atoms with Gasteiger partial charge in [-0.05, 0) is 62.4 Å². The number of nitrogens with zero attached hydrogens (tertiary/aromatic N) is 5. The molecular weight excluding hydrogens is 855 g/mol. The average molecular weight is 920 g/mol. The molecule has 2 aliphatic rings. The van der Waals surface area contributed by atoms with Gasteiger partial charge in [0, 0.05) is 60.9 Å². The lowest BCUT2D eigenvalue weighted by Crippen LogP contribution is -2.38. The van der Waals surface area contributed by atoms with E-state index in [1.54, 1.807) is 51.9 Å². The summed E-state index contributed by atoms with van der Waals surface area (Å²) in [4.78, 5) is 41.9. The van der Waals surface area contributed by atoms with Crippen molar-refractivity contribution in [2.24, 2.45) is 11.8 Å². The van der Waals surface area contributed by atoms with Crippen molar-refractivity contribution in [2.45, 2.75) is 65.2 Å². The van der Waals surface area contributed by atoms with Crippen molar-refractivity contribution in [1.82, 2.24) is 30.2 Å². The SMILES string of the molecule is COc1cc(C(=O)N2CCC(c3cnc(N)cc3OC)CC2)ncc1OCC(C)C.COc1cc(C(=O)O)ncc1OCC(C)C.COc1cc(N)ncc1C1CCNCC1.Cl.Cl. The van der Waals surface area contributed by atoms with E-state index in [-0.39, 0.29) is 42.3 Å². The monoisotopic (exact) mass is 918 g/mol. The second-order valence-electron chi connectivity index (χ2n) is 15.4. The lowest BCUT2D eigenvalue weighted by Gasteiger charge is -2.32. The highest BCUT2D eigenvalue weighted by Gasteiger charge is 2.28. The molecule has 2 fully saturated rings. The number of hydrogen-bond acceptors (Lipinski definition) is 15. The highest BCUT2D eigenvalue weighted by atomic mass is 35.5. The Kier molecular flexibility index (Phi) is 22.8. The number of nitrogens with two attached hydrogens (primary N) is 2. The van der Waals surface area contributed by atoms with Crippen LogP contribution in [0.4, 0.5) is 11.6 Å². The fraction of sp³-hybridized carbons (Fsp3) is 0.500. The van der Waals surface area contributed by atoms with Crippen molar-refractivity contribution >= 4 is 48.3 Å². The van der Waals surface area contributed by atoms with Gasteiger partial charge in [-0.1, -0.05) is 27.7 Å². The number of methoxy groups -OCH3 is 4. The summed E-state index contributed by atoms with van der Waals surface area (Å²) < 4.78 is 32.4. The van der Waals surface area contributed by atoms with E-state index in [0.29, 0.717) is 84.4 Å². The molecule has 6 N–H and O–H groups in total. The van der Waals surface area contributed by atoms with E-state index in [4.69, 9.17) is 45.0 Å². The average Bonchev–Trinajstić information content (AvgIpc) is 3.27. The predicted molar refractivity (Wildman–Crippen MR) is 247 cm³/mol. The number of halogens is 2. The zero-order valence-corrected chi connectivity index (χ0v) is 39.1. The summed E-state index contributed by atoms with van der Waals surface area (Å²) in [5.41, 5.74) is 13.9. The summed E-state index contributed by atoms with van der Waals surface area (Å²) in [7, 11) is 6.33. The van der Waals surface area contributed by atoms with Crippen LogP contribution in [0.2, 0.25) is 0 Å². The van der Waals surface area contributed by atoms with Crippen molar-refractivity contribution in [1.29, 1.82) is 0 Å². The molecule has 0 aromatic carbocycles. The zero-order valence-electron chi connectivity index (χ0n) is 37.4. The number of carbonyl (C=O) groups is 2. The van der Waals surface area contributed by atoms with Gasteiger partial charge in [0.1, 0.15) is 28.8 Å². The highest BCUT2D eigenvalue weighted by molar-refractivity contribution is 5.93. The molecule has 6 heterocycles. The maximum absolute atomic E-state index is 13.0. The van der Waals surface area contributed by atoms with Crippen LogP contribution in [0.5, 0.6) is 34.5 Å². The minimum absolute atomic E-state index is 0. The molecule has 2 aliphatic heterocycles. The van der Waals surface area contributed by atoms with Crippen LogP contribution in [0.1, 0.15) is 97.3 Å². The first-order valence-electron chi connectivity index (χ1n) is 20.4. The second-order valence-corrected chi connectivity index (χ2v) is 15.4. The van der Waals surface area contributed by atoms with Gasteiger partial charge in [-0.15, -0.1) is 24.8 Å². The number of nitrogens with one attached hydrogen (secondary N) is 1. The van der Waals surface area contributed by atoms with Crippen LogP contribution in [0.3, 0.4) is 0 Å². The first-order chi connectivity index (χ1) is 29.3. The first-order valence-corrected chi connectivity index (χ1v) is 20.4. The summed E-state index contributed by atoms with van der Waals surface area (Å²) in [5, 5.41) is 12.1. The zero-order chi connectivity index (χ0) is 44.5. The molecule has 348 valence electrons. The Morgan fingerprint density at radius 2 is 1.05 bits per heavy atom. The Bertz CT molecular complexity index is 2030. The Balaban J connectivity index is 0.000000351. The summed E-state index contributed by atoms with van der Waals surface area (Å²) >= 11 is 0. The van der Waals surface area contributed by atoms with Gasteiger partial charge in [0.05, 0.1) is 54.0 Å². The minimum atomic E-state index is -1.09. The van der Waals surface area contributed by atoms with Crippen molar-refractivity contribution < 1.29 is 43.1 Å². The normalized spacial score (nSPS) is 13.8. The molecule has 19 heteroatoms. The number of likely N-dealkylation sites (tertiary alicyclic amines) is 1. The third-order valence-electron chi connectivity index (χ3n) is 9.96. The fourth-order valence-corrected chi connectivity index (χ4v) is 6.71. The van der Waals surface area contributed by atoms with E-state index < -0.39 is 5.97 Å².